The summed E-state index contributed by atoms with van der Waals surface area (Å²) in [4.78, 5) is 18.5. The number of nitrogens with zero attached hydrogens (tertiary/aromatic N) is 2. The van der Waals surface area contributed by atoms with E-state index in [0.717, 1.165) is 12.6 Å². The third-order valence-electron chi connectivity index (χ3n) is 3.99. The molecule has 2 aliphatic rings. The number of amides is 1. The molecule has 1 unspecified atom stereocenters. The zero-order valence-corrected chi connectivity index (χ0v) is 11.0. The number of hydrogen-bond acceptors (Lipinski definition) is 4. The lowest BCUT2D eigenvalue weighted by Gasteiger charge is -2.24. The van der Waals surface area contributed by atoms with E-state index in [0.29, 0.717) is 17.4 Å². The summed E-state index contributed by atoms with van der Waals surface area (Å²) in [7, 11) is 0. The number of nitrogens with two attached hydrogens (primary N) is 1. The predicted octanol–water partition coefficient (Wildman–Crippen LogP) is 1.02. The summed E-state index contributed by atoms with van der Waals surface area (Å²) in [6, 6.07) is 4.66. The average molecular weight is 260 g/mol. The highest BCUT2D eigenvalue weighted by Crippen LogP contribution is 2.33. The minimum atomic E-state index is -0.0600. The van der Waals surface area contributed by atoms with Gasteiger partial charge in [-0.3, -0.25) is 9.69 Å². The van der Waals surface area contributed by atoms with Crippen LogP contribution in [0.1, 0.15) is 36.0 Å². The van der Waals surface area contributed by atoms with Crippen LogP contribution in [0, 0.1) is 0 Å². The Morgan fingerprint density at radius 2 is 2.26 bits per heavy atom. The second kappa shape index (κ2) is 5.17. The van der Waals surface area contributed by atoms with Gasteiger partial charge < -0.3 is 11.1 Å². The summed E-state index contributed by atoms with van der Waals surface area (Å²) < 4.78 is 0. The maximum absolute atomic E-state index is 12.0. The van der Waals surface area contributed by atoms with Crippen LogP contribution < -0.4 is 11.1 Å². The number of likely N-dealkylation sites (tertiary alicyclic amines) is 1. The van der Waals surface area contributed by atoms with Gasteiger partial charge in [0.05, 0.1) is 5.56 Å². The van der Waals surface area contributed by atoms with Gasteiger partial charge in [0.15, 0.2) is 0 Å². The van der Waals surface area contributed by atoms with Gasteiger partial charge in [-0.2, -0.15) is 0 Å². The number of pyridine rings is 1. The Hall–Kier alpha value is -1.62. The number of carbonyl (C=O) groups excluding carboxylic acids is 1. The first-order chi connectivity index (χ1) is 9.24. The Labute approximate surface area is 113 Å². The molecule has 3 rings (SSSR count). The monoisotopic (exact) mass is 260 g/mol. The number of aromatic nitrogens is 1. The van der Waals surface area contributed by atoms with Crippen molar-refractivity contribution in [2.75, 3.05) is 18.8 Å². The Bertz CT molecular complexity index is 455. The molecule has 1 aliphatic carbocycles. The first kappa shape index (κ1) is 12.4. The van der Waals surface area contributed by atoms with Gasteiger partial charge >= 0.3 is 0 Å². The van der Waals surface area contributed by atoms with Gasteiger partial charge in [0.2, 0.25) is 0 Å². The van der Waals surface area contributed by atoms with Gasteiger partial charge in [0.1, 0.15) is 5.82 Å². The number of nitrogen functional groups attached to an aromatic ring is 1. The van der Waals surface area contributed by atoms with Crippen molar-refractivity contribution in [2.45, 2.75) is 37.8 Å². The summed E-state index contributed by atoms with van der Waals surface area (Å²) in [6.45, 7) is 1.92. The van der Waals surface area contributed by atoms with Gasteiger partial charge in [0, 0.05) is 24.8 Å². The van der Waals surface area contributed by atoms with E-state index in [9.17, 15) is 4.79 Å². The third kappa shape index (κ3) is 2.87. The van der Waals surface area contributed by atoms with Crippen molar-refractivity contribution < 1.29 is 4.79 Å². The molecule has 5 nitrogen and oxygen atoms in total. The Kier molecular flexibility index (Phi) is 3.38. The van der Waals surface area contributed by atoms with Gasteiger partial charge in [-0.25, -0.2) is 4.98 Å². The van der Waals surface area contributed by atoms with Gasteiger partial charge in [-0.05, 0) is 44.4 Å². The van der Waals surface area contributed by atoms with E-state index in [1.165, 1.54) is 38.4 Å². The first-order valence-corrected chi connectivity index (χ1v) is 6.99. The van der Waals surface area contributed by atoms with Crippen molar-refractivity contribution in [3.05, 3.63) is 23.9 Å². The van der Waals surface area contributed by atoms with Crippen LogP contribution in [-0.2, 0) is 0 Å². The second-order valence-electron chi connectivity index (χ2n) is 5.45. The molecule has 1 atom stereocenters. The van der Waals surface area contributed by atoms with Crippen LogP contribution in [0.5, 0.6) is 0 Å². The van der Waals surface area contributed by atoms with Crippen molar-refractivity contribution in [2.24, 2.45) is 0 Å². The number of carbonyl (C=O) groups is 1. The Balaban J connectivity index is 1.53. The van der Waals surface area contributed by atoms with Crippen LogP contribution in [0.25, 0.3) is 0 Å². The summed E-state index contributed by atoms with van der Waals surface area (Å²) in [6.07, 6.45) is 6.62. The maximum Gasteiger partial charge on any atom is 0.252 e. The molecule has 1 aliphatic heterocycles. The van der Waals surface area contributed by atoms with Crippen LogP contribution >= 0.6 is 0 Å². The lowest BCUT2D eigenvalue weighted by Crippen LogP contribution is -2.41. The van der Waals surface area contributed by atoms with E-state index in [1.807, 2.05) is 0 Å². The van der Waals surface area contributed by atoms with Gasteiger partial charge in [-0.15, -0.1) is 0 Å². The fourth-order valence-electron chi connectivity index (χ4n) is 2.82. The highest BCUT2D eigenvalue weighted by molar-refractivity contribution is 5.94. The summed E-state index contributed by atoms with van der Waals surface area (Å²) in [5.74, 6) is 0.377. The van der Waals surface area contributed by atoms with Gasteiger partial charge in [-0.1, -0.05) is 0 Å². The van der Waals surface area contributed by atoms with Crippen LogP contribution in [-0.4, -0.2) is 41.0 Å². The number of nitrogens with one attached hydrogen (secondary N) is 1. The molecule has 102 valence electrons. The van der Waals surface area contributed by atoms with Crippen molar-refractivity contribution >= 4 is 11.7 Å². The fourth-order valence-corrected chi connectivity index (χ4v) is 2.82. The molecule has 0 radical (unpaired) electrons. The van der Waals surface area contributed by atoms with E-state index in [4.69, 9.17) is 5.73 Å². The standard InChI is InChI=1S/C14H20N4O/c15-13-6-3-10(8-16-13)14(19)17-9-12-2-1-7-18(12)11-4-5-11/h3,6,8,11-12H,1-2,4-5,7,9H2,(H2,15,16)(H,17,19). The van der Waals surface area contributed by atoms with E-state index in [1.54, 1.807) is 12.1 Å². The highest BCUT2D eigenvalue weighted by atomic mass is 16.1. The van der Waals surface area contributed by atoms with Crippen LogP contribution in [0.4, 0.5) is 5.82 Å². The quantitative estimate of drug-likeness (QED) is 0.848. The summed E-state index contributed by atoms with van der Waals surface area (Å²) in [5, 5.41) is 3.01. The molecule has 1 saturated heterocycles. The molecule has 2 heterocycles. The van der Waals surface area contributed by atoms with Crippen molar-refractivity contribution in [1.82, 2.24) is 15.2 Å². The molecule has 0 spiro atoms. The number of anilines is 1. The predicted molar refractivity (Wildman–Crippen MR) is 73.7 cm³/mol. The van der Waals surface area contributed by atoms with Crippen molar-refractivity contribution in [1.29, 1.82) is 0 Å². The van der Waals surface area contributed by atoms with E-state index >= 15 is 0 Å². The molecule has 19 heavy (non-hydrogen) atoms. The second-order valence-corrected chi connectivity index (χ2v) is 5.45. The fraction of sp³-hybridized carbons (Fsp3) is 0.571. The zero-order valence-electron chi connectivity index (χ0n) is 11.0. The summed E-state index contributed by atoms with van der Waals surface area (Å²) in [5.41, 5.74) is 6.08. The molecule has 1 saturated carbocycles. The molecule has 2 fully saturated rings. The van der Waals surface area contributed by atoms with Crippen LogP contribution in [0.2, 0.25) is 0 Å². The topological polar surface area (TPSA) is 71.2 Å². The van der Waals surface area contributed by atoms with Crippen LogP contribution in [0.15, 0.2) is 18.3 Å². The SMILES string of the molecule is Nc1ccc(C(=O)NCC2CCCN2C2CC2)cn1. The minimum absolute atomic E-state index is 0.0600. The largest absolute Gasteiger partial charge is 0.384 e. The van der Waals surface area contributed by atoms with Crippen molar-refractivity contribution in [3.63, 3.8) is 0 Å². The van der Waals surface area contributed by atoms with E-state index in [-0.39, 0.29) is 5.91 Å². The molecule has 1 aromatic heterocycles. The average Bonchev–Trinajstić information content (AvgIpc) is 3.16. The number of rotatable bonds is 4. The zero-order chi connectivity index (χ0) is 13.2. The highest BCUT2D eigenvalue weighted by Gasteiger charge is 2.36. The number of hydrogen-bond donors (Lipinski definition) is 2. The minimum Gasteiger partial charge on any atom is -0.384 e. The lowest BCUT2D eigenvalue weighted by atomic mass is 10.2. The Morgan fingerprint density at radius 3 is 2.95 bits per heavy atom. The molecule has 3 N–H and O–H groups in total. The Morgan fingerprint density at radius 1 is 1.42 bits per heavy atom. The smallest absolute Gasteiger partial charge is 0.252 e. The first-order valence-electron chi connectivity index (χ1n) is 6.99. The van der Waals surface area contributed by atoms with Gasteiger partial charge in [0.25, 0.3) is 5.91 Å². The maximum atomic E-state index is 12.0. The molecule has 5 heteroatoms. The molecule has 0 aromatic carbocycles. The normalized spacial score (nSPS) is 23.5. The van der Waals surface area contributed by atoms with E-state index < -0.39 is 0 Å². The lowest BCUT2D eigenvalue weighted by molar-refractivity contribution is 0.0939. The summed E-state index contributed by atoms with van der Waals surface area (Å²) >= 11 is 0. The van der Waals surface area contributed by atoms with E-state index in [2.05, 4.69) is 15.2 Å². The molecular weight excluding hydrogens is 240 g/mol. The van der Waals surface area contributed by atoms with Crippen molar-refractivity contribution in [3.8, 4) is 0 Å². The molecule has 0 bridgehead atoms. The molecule has 1 amide bonds. The third-order valence-corrected chi connectivity index (χ3v) is 3.99. The van der Waals surface area contributed by atoms with Crippen LogP contribution in [0.3, 0.4) is 0 Å². The molecular formula is C14H20N4O. The molecule has 1 aromatic rings.